The minimum atomic E-state index is -1.01. The Balaban J connectivity index is 0.000000158. The van der Waals surface area contributed by atoms with Crippen LogP contribution in [0.3, 0.4) is 0 Å². The van der Waals surface area contributed by atoms with Crippen molar-refractivity contribution in [3.05, 3.63) is 183 Å². The third kappa shape index (κ3) is 17.8. The number of carboxylic acids is 1. The minimum absolute atomic E-state index is 0.0248. The van der Waals surface area contributed by atoms with Gasteiger partial charge in [-0.05, 0) is 185 Å². The number of amides is 2. The highest BCUT2D eigenvalue weighted by molar-refractivity contribution is 6.31. The maximum Gasteiger partial charge on any atom is 0.309 e. The van der Waals surface area contributed by atoms with Gasteiger partial charge >= 0.3 is 23.9 Å². The standard InChI is InChI=1S/C25H23ClF2N4O2.C13H15FO3.C13H15FO2.C11H11FO2.C7H10O3/c26-19-12-16(3-6-20(19)28)24-23(25(29)34)21-13-31(7-8-32(21)30-24)22(33)11-14-9-17(10-14)15-1-4-18(27)5-2-15;1-2-17-12(15)9-7-13(16,8-9)10-3-5-11(14)6-4-10;1-2-16-13(15)11-7-10(8-11)9-3-5-12(14)6-4-9;12-10-3-1-7(2-4-10)8-5-9(6-8)11(13)14;1-2-10-7(9)5-3-6(8)4-5/h1-6,12,14,17H,7-11,13H2,(H2,29,34);3-6,9,16H,2,7-8H2,1H3;3-6,10-11H,2,7-8H2,1H3;1-4,8-9H,5-6H2,(H,13,14);5H,2-4H2,1H3. The Bertz CT molecular complexity index is 3520. The zero-order chi connectivity index (χ0) is 65.7. The fourth-order valence-electron chi connectivity index (χ4n) is 11.9. The van der Waals surface area contributed by atoms with Crippen molar-refractivity contribution < 1.29 is 79.9 Å². The van der Waals surface area contributed by atoms with E-state index in [0.717, 1.165) is 42.4 Å². The molecule has 0 atom stereocenters. The number of hydrogen-bond donors (Lipinski definition) is 3. The molecule has 4 N–H and O–H groups in total. The quantitative estimate of drug-likeness (QED) is 0.0494. The molecule has 0 bridgehead atoms. The van der Waals surface area contributed by atoms with Crippen LogP contribution >= 0.6 is 11.6 Å². The summed E-state index contributed by atoms with van der Waals surface area (Å²) in [5.74, 6) is -2.61. The van der Waals surface area contributed by atoms with E-state index in [2.05, 4.69) is 5.10 Å². The lowest BCUT2D eigenvalue weighted by Gasteiger charge is -2.42. The second-order valence-electron chi connectivity index (χ2n) is 23.7. The number of carbonyl (C=O) groups is 7. The van der Waals surface area contributed by atoms with Crippen molar-refractivity contribution in [1.29, 1.82) is 0 Å². The Hall–Kier alpha value is -8.30. The van der Waals surface area contributed by atoms with Crippen molar-refractivity contribution >= 4 is 53.1 Å². The summed E-state index contributed by atoms with van der Waals surface area (Å²) in [7, 11) is 0. The van der Waals surface area contributed by atoms with Crippen LogP contribution in [0.4, 0.5) is 22.0 Å². The second-order valence-corrected chi connectivity index (χ2v) is 24.1. The van der Waals surface area contributed by atoms with Crippen LogP contribution in [0.2, 0.25) is 5.02 Å². The molecule has 0 radical (unpaired) electrons. The highest BCUT2D eigenvalue weighted by atomic mass is 35.5. The van der Waals surface area contributed by atoms with Gasteiger partial charge in [-0.1, -0.05) is 60.1 Å². The number of nitrogens with zero attached hydrogens (tertiary/aromatic N) is 3. The van der Waals surface area contributed by atoms with E-state index in [9.17, 15) is 60.6 Å². The number of hydrogen-bond acceptors (Lipinski definition) is 12. The molecule has 5 saturated carbocycles. The van der Waals surface area contributed by atoms with Crippen LogP contribution < -0.4 is 5.73 Å². The number of nitrogens with two attached hydrogens (primary N) is 1. The Labute approximate surface area is 529 Å². The van der Waals surface area contributed by atoms with Gasteiger partial charge in [-0.3, -0.25) is 38.2 Å². The highest BCUT2D eigenvalue weighted by Crippen LogP contribution is 2.47. The molecular formula is C69H74ClF5N4O12. The molecule has 2 amide bonds. The molecule has 5 fully saturated rings. The highest BCUT2D eigenvalue weighted by Gasteiger charge is 2.48. The fourth-order valence-corrected chi connectivity index (χ4v) is 12.1. The Morgan fingerprint density at radius 2 is 1.04 bits per heavy atom. The molecule has 0 saturated heterocycles. The van der Waals surface area contributed by atoms with Gasteiger partial charge in [0, 0.05) is 31.4 Å². The van der Waals surface area contributed by atoms with Crippen molar-refractivity contribution in [2.45, 2.75) is 128 Å². The summed E-state index contributed by atoms with van der Waals surface area (Å²) < 4.78 is 81.0. The maximum absolute atomic E-state index is 13.6. The number of esters is 3. The largest absolute Gasteiger partial charge is 0.481 e. The molecular weight excluding hydrogens is 1210 g/mol. The van der Waals surface area contributed by atoms with Crippen LogP contribution in [0.1, 0.15) is 147 Å². The number of aliphatic hydroxyl groups is 1. The Morgan fingerprint density at radius 3 is 1.48 bits per heavy atom. The molecule has 1 aliphatic heterocycles. The van der Waals surface area contributed by atoms with E-state index in [0.29, 0.717) is 118 Å². The first kappa shape index (κ1) is 68.6. The molecule has 5 aromatic carbocycles. The number of carboxylic acid groups (broad SMARTS) is 1. The van der Waals surface area contributed by atoms with Gasteiger partial charge in [-0.2, -0.15) is 5.10 Å². The van der Waals surface area contributed by atoms with Gasteiger partial charge in [0.15, 0.2) is 0 Å². The van der Waals surface area contributed by atoms with Gasteiger partial charge in [0.1, 0.15) is 40.6 Å². The average Bonchev–Trinajstić information content (AvgIpc) is 1.80. The number of halogens is 6. The number of rotatable bonds is 15. The molecule has 0 spiro atoms. The molecule has 16 nitrogen and oxygen atoms in total. The predicted molar refractivity (Wildman–Crippen MR) is 325 cm³/mol. The van der Waals surface area contributed by atoms with Crippen LogP contribution in [-0.4, -0.2) is 92.7 Å². The zero-order valence-corrected chi connectivity index (χ0v) is 51.5. The van der Waals surface area contributed by atoms with E-state index in [1.54, 1.807) is 72.0 Å². The van der Waals surface area contributed by atoms with Gasteiger partial charge in [0.05, 0.1) is 78.5 Å². The van der Waals surface area contributed by atoms with E-state index < -0.39 is 23.3 Å². The van der Waals surface area contributed by atoms with Crippen molar-refractivity contribution in [1.82, 2.24) is 14.7 Å². The summed E-state index contributed by atoms with van der Waals surface area (Å²) in [6.45, 7) is 7.66. The third-order valence-corrected chi connectivity index (χ3v) is 17.8. The molecule has 1 aromatic heterocycles. The van der Waals surface area contributed by atoms with Crippen LogP contribution in [0, 0.1) is 58.7 Å². The van der Waals surface area contributed by atoms with Gasteiger partial charge in [-0.25, -0.2) is 22.0 Å². The molecule has 22 heteroatoms. The molecule has 91 heavy (non-hydrogen) atoms. The predicted octanol–water partition coefficient (Wildman–Crippen LogP) is 12.3. The number of benzene rings is 5. The van der Waals surface area contributed by atoms with Crippen molar-refractivity contribution in [2.75, 3.05) is 26.4 Å². The van der Waals surface area contributed by atoms with E-state index in [1.165, 1.54) is 66.7 Å². The smallest absolute Gasteiger partial charge is 0.309 e. The Kier molecular flexibility index (Phi) is 23.5. The Morgan fingerprint density at radius 1 is 0.604 bits per heavy atom. The van der Waals surface area contributed by atoms with Gasteiger partial charge < -0.3 is 35.1 Å². The number of Topliss-reactive ketones (excluding diaryl/α,β-unsaturated/α-hetero) is 1. The van der Waals surface area contributed by atoms with Crippen LogP contribution in [-0.2, 0) is 61.7 Å². The first-order valence-electron chi connectivity index (χ1n) is 30.6. The summed E-state index contributed by atoms with van der Waals surface area (Å²) in [5.41, 5.74) is 10.2. The van der Waals surface area contributed by atoms with Crippen LogP contribution in [0.25, 0.3) is 11.3 Å². The summed E-state index contributed by atoms with van der Waals surface area (Å²) in [6, 6.07) is 29.2. The molecule has 0 unspecified atom stereocenters. The number of ketones is 1. The molecule has 2 heterocycles. The molecule has 12 rings (SSSR count). The van der Waals surface area contributed by atoms with Gasteiger partial charge in [-0.15, -0.1) is 0 Å². The fraction of sp³-hybridized carbons (Fsp3) is 0.420. The van der Waals surface area contributed by atoms with Crippen molar-refractivity contribution in [3.63, 3.8) is 0 Å². The number of aliphatic carboxylic acids is 1. The number of fused-ring (bicyclic) bond motifs is 1. The lowest BCUT2D eigenvalue weighted by molar-refractivity contribution is -0.165. The zero-order valence-electron chi connectivity index (χ0n) is 50.8. The van der Waals surface area contributed by atoms with Gasteiger partial charge in [0.25, 0.3) is 5.91 Å². The van der Waals surface area contributed by atoms with E-state index in [-0.39, 0.29) is 99.6 Å². The normalized spacial score (nSPS) is 22.5. The first-order chi connectivity index (χ1) is 43.4. The van der Waals surface area contributed by atoms with Gasteiger partial charge in [0.2, 0.25) is 5.91 Å². The molecule has 6 aliphatic rings. The van der Waals surface area contributed by atoms with E-state index >= 15 is 0 Å². The summed E-state index contributed by atoms with van der Waals surface area (Å²) >= 11 is 5.92. The van der Waals surface area contributed by atoms with Crippen LogP contribution in [0.5, 0.6) is 0 Å². The number of ether oxygens (including phenoxy) is 3. The first-order valence-corrected chi connectivity index (χ1v) is 31.0. The SMILES string of the molecule is CCOC(=O)C1CC(=O)C1.CCOC(=O)C1CC(O)(c2ccc(F)cc2)C1.CCOC(=O)C1CC(c2ccc(F)cc2)C1.NC(=O)c1c(-c2ccc(F)c(Cl)c2)nn2c1CN(C(=O)CC1CC(c3ccc(F)cc3)C1)CC2.O=C(O)C1CC(c2ccc(F)cc2)C1. The molecule has 484 valence electrons. The van der Waals surface area contributed by atoms with E-state index in [1.807, 2.05) is 6.92 Å². The summed E-state index contributed by atoms with van der Waals surface area (Å²) in [4.78, 5) is 81.6. The van der Waals surface area contributed by atoms with Crippen LogP contribution in [0.15, 0.2) is 115 Å². The lowest BCUT2D eigenvalue weighted by Crippen LogP contribution is -2.45. The minimum Gasteiger partial charge on any atom is -0.481 e. The monoisotopic (exact) mass is 1280 g/mol. The number of carbonyl (C=O) groups excluding carboxylic acids is 6. The van der Waals surface area contributed by atoms with E-state index in [4.69, 9.17) is 36.7 Å². The summed E-state index contributed by atoms with van der Waals surface area (Å²) in [5, 5.41) is 23.4. The number of primary amides is 1. The molecule has 6 aromatic rings. The second kappa shape index (κ2) is 31.1. The lowest BCUT2D eigenvalue weighted by atomic mass is 9.67. The topological polar surface area (TPSA) is 235 Å². The molecule has 5 aliphatic carbocycles. The summed E-state index contributed by atoms with van der Waals surface area (Å²) in [6.07, 6.45) is 6.69. The third-order valence-electron chi connectivity index (χ3n) is 17.5. The number of aromatic nitrogens is 2. The maximum atomic E-state index is 13.6. The average molecular weight is 1280 g/mol. The van der Waals surface area contributed by atoms with Crippen molar-refractivity contribution in [3.8, 4) is 11.3 Å². The van der Waals surface area contributed by atoms with Crippen molar-refractivity contribution in [2.24, 2.45) is 35.3 Å².